The third-order valence-corrected chi connectivity index (χ3v) is 3.94. The number of allylic oxidation sites excluding steroid dienone is 3. The van der Waals surface area contributed by atoms with Gasteiger partial charge in [-0.05, 0) is 30.1 Å². The summed E-state index contributed by atoms with van der Waals surface area (Å²) in [6.07, 6.45) is 7.44. The van der Waals surface area contributed by atoms with Crippen LogP contribution in [0.1, 0.15) is 26.0 Å². The van der Waals surface area contributed by atoms with E-state index < -0.39 is 0 Å². The summed E-state index contributed by atoms with van der Waals surface area (Å²) in [6, 6.07) is 0. The minimum Gasteiger partial charge on any atom is -0.366 e. The lowest BCUT2D eigenvalue weighted by Gasteiger charge is -2.08. The summed E-state index contributed by atoms with van der Waals surface area (Å²) in [5.41, 5.74) is 7.75. The summed E-state index contributed by atoms with van der Waals surface area (Å²) in [5, 5.41) is 3.62. The van der Waals surface area contributed by atoms with Crippen molar-refractivity contribution in [3.05, 3.63) is 40.6 Å². The lowest BCUT2D eigenvalue weighted by atomic mass is 10.2. The fourth-order valence-corrected chi connectivity index (χ4v) is 2.81. The van der Waals surface area contributed by atoms with Crippen LogP contribution in [0.2, 0.25) is 5.28 Å². The van der Waals surface area contributed by atoms with Crippen LogP contribution in [0.3, 0.4) is 0 Å². The van der Waals surface area contributed by atoms with Crippen molar-refractivity contribution >= 4 is 28.5 Å². The molecule has 7 heteroatoms. The zero-order valence-corrected chi connectivity index (χ0v) is 15.0. The van der Waals surface area contributed by atoms with E-state index in [0.29, 0.717) is 42.1 Å². The predicted octanol–water partition coefficient (Wildman–Crippen LogP) is 3.59. The summed E-state index contributed by atoms with van der Waals surface area (Å²) in [7, 11) is 1.76. The molecule has 0 amide bonds. The van der Waals surface area contributed by atoms with Gasteiger partial charge in [0.15, 0.2) is 5.82 Å². The van der Waals surface area contributed by atoms with E-state index in [1.54, 1.807) is 11.6 Å². The lowest BCUT2D eigenvalue weighted by molar-refractivity contribution is 0.606. The smallest absolute Gasteiger partial charge is 0.226 e. The Morgan fingerprint density at radius 3 is 2.75 bits per heavy atom. The van der Waals surface area contributed by atoms with Crippen molar-refractivity contribution < 1.29 is 4.39 Å². The Hall–Kier alpha value is -1.92. The van der Waals surface area contributed by atoms with Crippen LogP contribution in [0.4, 0.5) is 10.2 Å². The largest absolute Gasteiger partial charge is 0.366 e. The second kappa shape index (κ2) is 8.26. The molecule has 0 aromatic carbocycles. The molecule has 24 heavy (non-hydrogen) atoms. The molecule has 130 valence electrons. The highest BCUT2D eigenvalue weighted by molar-refractivity contribution is 6.28. The highest BCUT2D eigenvalue weighted by Gasteiger charge is 2.21. The molecule has 0 unspecified atom stereocenters. The average molecular weight is 352 g/mol. The van der Waals surface area contributed by atoms with Crippen molar-refractivity contribution in [2.75, 3.05) is 18.4 Å². The molecule has 3 N–H and O–H groups in total. The standard InChI is InChI=1S/C15H17ClFN5.C2H6/c1-22-10(6-7-18)12(17)11-13(20-15(16)21-14(11)22)19-8-9-4-2-3-5-9;1-2/h2-4H,5-8,18H2,1H3,(H,19,20,21);1-2H3. The Morgan fingerprint density at radius 2 is 2.12 bits per heavy atom. The summed E-state index contributed by atoms with van der Waals surface area (Å²) in [5.74, 6) is 0.0832. The van der Waals surface area contributed by atoms with Crippen molar-refractivity contribution in [3.8, 4) is 0 Å². The molecule has 0 bridgehead atoms. The van der Waals surface area contributed by atoms with Gasteiger partial charge in [0.1, 0.15) is 11.5 Å². The maximum absolute atomic E-state index is 14.7. The van der Waals surface area contributed by atoms with E-state index in [2.05, 4.69) is 21.4 Å². The first-order chi connectivity index (χ1) is 11.6. The second-order valence-corrected chi connectivity index (χ2v) is 5.55. The van der Waals surface area contributed by atoms with Crippen molar-refractivity contribution in [2.24, 2.45) is 12.8 Å². The predicted molar refractivity (Wildman–Crippen MR) is 97.9 cm³/mol. The van der Waals surface area contributed by atoms with Gasteiger partial charge in [0.2, 0.25) is 5.28 Å². The van der Waals surface area contributed by atoms with Crippen LogP contribution in [-0.4, -0.2) is 27.6 Å². The summed E-state index contributed by atoms with van der Waals surface area (Å²) in [4.78, 5) is 8.30. The molecule has 2 aromatic heterocycles. The molecule has 0 radical (unpaired) electrons. The number of fused-ring (bicyclic) bond motifs is 1. The third-order valence-electron chi connectivity index (χ3n) is 3.77. The van der Waals surface area contributed by atoms with Crippen molar-refractivity contribution in [1.82, 2.24) is 14.5 Å². The van der Waals surface area contributed by atoms with Crippen LogP contribution in [0.5, 0.6) is 0 Å². The number of aromatic nitrogens is 3. The molecule has 3 rings (SSSR count). The van der Waals surface area contributed by atoms with Gasteiger partial charge in [-0.3, -0.25) is 0 Å². The molecule has 0 saturated heterocycles. The topological polar surface area (TPSA) is 68.8 Å². The normalized spacial score (nSPS) is 13.0. The highest BCUT2D eigenvalue weighted by Crippen LogP contribution is 2.29. The van der Waals surface area contributed by atoms with Crippen LogP contribution in [0, 0.1) is 5.82 Å². The van der Waals surface area contributed by atoms with Crippen LogP contribution in [0.25, 0.3) is 11.0 Å². The van der Waals surface area contributed by atoms with Gasteiger partial charge in [0, 0.05) is 20.0 Å². The van der Waals surface area contributed by atoms with Gasteiger partial charge < -0.3 is 15.6 Å². The van der Waals surface area contributed by atoms with Gasteiger partial charge in [0.05, 0.1) is 11.1 Å². The molecule has 2 heterocycles. The van der Waals surface area contributed by atoms with Gasteiger partial charge in [-0.2, -0.15) is 9.97 Å². The van der Waals surface area contributed by atoms with E-state index in [0.717, 1.165) is 6.42 Å². The third kappa shape index (κ3) is 3.60. The zero-order chi connectivity index (χ0) is 17.7. The Balaban J connectivity index is 0.00000100. The number of halogens is 2. The molecule has 5 nitrogen and oxygen atoms in total. The zero-order valence-electron chi connectivity index (χ0n) is 14.2. The van der Waals surface area contributed by atoms with Crippen LogP contribution in [0.15, 0.2) is 23.8 Å². The van der Waals surface area contributed by atoms with Gasteiger partial charge in [0.25, 0.3) is 0 Å². The van der Waals surface area contributed by atoms with E-state index in [1.165, 1.54) is 5.57 Å². The van der Waals surface area contributed by atoms with Gasteiger partial charge in [-0.1, -0.05) is 32.1 Å². The minimum atomic E-state index is -0.333. The Bertz CT molecular complexity index is 779. The number of anilines is 1. The first kappa shape index (κ1) is 18.4. The molecule has 0 aliphatic heterocycles. The number of hydrogen-bond donors (Lipinski definition) is 2. The number of nitrogens with one attached hydrogen (secondary N) is 1. The highest BCUT2D eigenvalue weighted by atomic mass is 35.5. The van der Waals surface area contributed by atoms with Crippen molar-refractivity contribution in [3.63, 3.8) is 0 Å². The molecule has 0 spiro atoms. The van der Waals surface area contributed by atoms with Crippen LogP contribution in [-0.2, 0) is 13.5 Å². The van der Waals surface area contributed by atoms with Crippen LogP contribution < -0.4 is 11.1 Å². The van der Waals surface area contributed by atoms with E-state index in [4.69, 9.17) is 17.3 Å². The van der Waals surface area contributed by atoms with Gasteiger partial charge in [-0.25, -0.2) is 4.39 Å². The monoisotopic (exact) mass is 351 g/mol. The second-order valence-electron chi connectivity index (χ2n) is 5.21. The summed E-state index contributed by atoms with van der Waals surface area (Å²) in [6.45, 7) is 4.96. The molecule has 0 atom stereocenters. The molecule has 1 aliphatic rings. The Morgan fingerprint density at radius 1 is 1.38 bits per heavy atom. The molecule has 2 aromatic rings. The number of nitrogens with zero attached hydrogens (tertiary/aromatic N) is 3. The van der Waals surface area contributed by atoms with E-state index in [1.807, 2.05) is 26.0 Å². The number of aryl methyl sites for hydroxylation is 1. The molecular weight excluding hydrogens is 329 g/mol. The fraction of sp³-hybridized carbons (Fsp3) is 0.412. The van der Waals surface area contributed by atoms with E-state index >= 15 is 0 Å². The van der Waals surface area contributed by atoms with Crippen molar-refractivity contribution in [2.45, 2.75) is 26.7 Å². The molecule has 0 fully saturated rings. The Labute approximate surface area is 146 Å². The summed E-state index contributed by atoms with van der Waals surface area (Å²) < 4.78 is 16.4. The minimum absolute atomic E-state index is 0.0911. The Kier molecular flexibility index (Phi) is 6.34. The quantitative estimate of drug-likeness (QED) is 0.808. The maximum Gasteiger partial charge on any atom is 0.226 e. The first-order valence-electron chi connectivity index (χ1n) is 8.10. The number of nitrogens with two attached hydrogens (primary N) is 1. The first-order valence-corrected chi connectivity index (χ1v) is 8.48. The van der Waals surface area contributed by atoms with Gasteiger partial charge >= 0.3 is 0 Å². The number of rotatable bonds is 5. The molecular formula is C17H23ClFN5. The van der Waals surface area contributed by atoms with Gasteiger partial charge in [-0.15, -0.1) is 0 Å². The number of hydrogen-bond acceptors (Lipinski definition) is 4. The lowest BCUT2D eigenvalue weighted by Crippen LogP contribution is -2.08. The van der Waals surface area contributed by atoms with E-state index in [-0.39, 0.29) is 11.1 Å². The van der Waals surface area contributed by atoms with E-state index in [9.17, 15) is 4.39 Å². The SMILES string of the molecule is CC.Cn1c(CCN)c(F)c2c(NCC3=CC=CC3)nc(Cl)nc21. The fourth-order valence-electron chi connectivity index (χ4n) is 2.65. The van der Waals surface area contributed by atoms with Crippen molar-refractivity contribution in [1.29, 1.82) is 0 Å². The average Bonchev–Trinajstić information content (AvgIpc) is 3.18. The summed E-state index contributed by atoms with van der Waals surface area (Å²) >= 11 is 5.98. The van der Waals surface area contributed by atoms with Crippen LogP contribution >= 0.6 is 11.6 Å². The molecule has 0 saturated carbocycles. The molecule has 1 aliphatic carbocycles. The maximum atomic E-state index is 14.7.